The zero-order valence-corrected chi connectivity index (χ0v) is 14.8. The van der Waals surface area contributed by atoms with Crippen molar-refractivity contribution in [1.29, 1.82) is 0 Å². The van der Waals surface area contributed by atoms with E-state index in [1.807, 2.05) is 6.92 Å². The smallest absolute Gasteiger partial charge is 0.338 e. The molecule has 0 aliphatic rings. The Morgan fingerprint density at radius 2 is 1.48 bits per heavy atom. The van der Waals surface area contributed by atoms with Crippen LogP contribution in [-0.2, 0) is 16.1 Å². The molecule has 2 aromatic carbocycles. The third-order valence-corrected chi connectivity index (χ3v) is 3.76. The van der Waals surface area contributed by atoms with E-state index in [0.717, 1.165) is 25.3 Å². The topological polar surface area (TPSA) is 52.6 Å². The number of hydrogen-bond donors (Lipinski definition) is 0. The molecule has 0 heterocycles. The van der Waals surface area contributed by atoms with Crippen molar-refractivity contribution >= 4 is 11.9 Å². The highest BCUT2D eigenvalue weighted by Gasteiger charge is 2.15. The van der Waals surface area contributed by atoms with Gasteiger partial charge in [-0.2, -0.15) is 0 Å². The molecule has 0 bridgehead atoms. The molecule has 4 nitrogen and oxygen atoms in total. The summed E-state index contributed by atoms with van der Waals surface area (Å²) in [6.07, 6.45) is 2.76. The number of carbonyl (C=O) groups excluding carboxylic acids is 2. The average molecular weight is 380 g/mol. The molecule has 0 amide bonds. The first kappa shape index (κ1) is 20.5. The van der Waals surface area contributed by atoms with E-state index in [1.54, 1.807) is 0 Å². The van der Waals surface area contributed by atoms with Gasteiger partial charge >= 0.3 is 11.9 Å². The summed E-state index contributed by atoms with van der Waals surface area (Å²) in [6.45, 7) is 1.74. The van der Waals surface area contributed by atoms with Crippen LogP contribution in [0.2, 0.25) is 0 Å². The van der Waals surface area contributed by atoms with Gasteiger partial charge in [0.1, 0.15) is 12.4 Å². The molecular weight excluding hydrogens is 361 g/mol. The van der Waals surface area contributed by atoms with Gasteiger partial charge in [0, 0.05) is 11.6 Å². The summed E-state index contributed by atoms with van der Waals surface area (Å²) in [6, 6.07) is 6.67. The summed E-state index contributed by atoms with van der Waals surface area (Å²) < 4.78 is 49.8. The van der Waals surface area contributed by atoms with E-state index in [9.17, 15) is 22.8 Å². The van der Waals surface area contributed by atoms with Crippen LogP contribution in [-0.4, -0.2) is 18.5 Å². The number of hydrogen-bond acceptors (Lipinski definition) is 4. The largest absolute Gasteiger partial charge is 0.462 e. The minimum atomic E-state index is -1.36. The fraction of sp³-hybridized carbons (Fsp3) is 0.300. The molecule has 7 heteroatoms. The molecule has 0 fully saturated rings. The van der Waals surface area contributed by atoms with Crippen LogP contribution in [0.25, 0.3) is 0 Å². The van der Waals surface area contributed by atoms with Gasteiger partial charge < -0.3 is 9.47 Å². The molecule has 2 aromatic rings. The molecule has 2 rings (SSSR count). The second-order valence-electron chi connectivity index (χ2n) is 5.86. The fourth-order valence-electron chi connectivity index (χ4n) is 2.28. The number of esters is 2. The Balaban J connectivity index is 1.93. The zero-order valence-electron chi connectivity index (χ0n) is 14.8. The molecule has 0 spiro atoms. The van der Waals surface area contributed by atoms with Gasteiger partial charge in [0.05, 0.1) is 17.7 Å². The predicted octanol–water partition coefficient (Wildman–Crippen LogP) is 4.81. The second-order valence-corrected chi connectivity index (χ2v) is 5.86. The lowest BCUT2D eigenvalue weighted by Crippen LogP contribution is -2.09. The van der Waals surface area contributed by atoms with Gasteiger partial charge in [-0.15, -0.1) is 0 Å². The monoisotopic (exact) mass is 380 g/mol. The summed E-state index contributed by atoms with van der Waals surface area (Å²) in [7, 11) is 0. The fourth-order valence-corrected chi connectivity index (χ4v) is 2.28. The normalized spacial score (nSPS) is 10.5. The van der Waals surface area contributed by atoms with Crippen molar-refractivity contribution in [1.82, 2.24) is 0 Å². The summed E-state index contributed by atoms with van der Waals surface area (Å²) in [5, 5.41) is 0. The van der Waals surface area contributed by atoms with Crippen LogP contribution in [0.3, 0.4) is 0 Å². The van der Waals surface area contributed by atoms with Gasteiger partial charge in [-0.3, -0.25) is 0 Å². The highest BCUT2D eigenvalue weighted by molar-refractivity contribution is 5.93. The van der Waals surface area contributed by atoms with Crippen LogP contribution >= 0.6 is 0 Å². The Hall–Kier alpha value is -2.83. The van der Waals surface area contributed by atoms with E-state index in [2.05, 4.69) is 0 Å². The van der Waals surface area contributed by atoms with Gasteiger partial charge in [0.15, 0.2) is 11.6 Å². The third-order valence-electron chi connectivity index (χ3n) is 3.76. The summed E-state index contributed by atoms with van der Waals surface area (Å²) >= 11 is 0. The number of rotatable bonds is 8. The van der Waals surface area contributed by atoms with Crippen LogP contribution in [0.15, 0.2) is 36.4 Å². The van der Waals surface area contributed by atoms with E-state index in [0.29, 0.717) is 12.7 Å². The summed E-state index contributed by atoms with van der Waals surface area (Å²) in [4.78, 5) is 23.8. The maximum Gasteiger partial charge on any atom is 0.338 e. The predicted molar refractivity (Wildman–Crippen MR) is 91.7 cm³/mol. The Kier molecular flexibility index (Phi) is 7.40. The number of halogens is 3. The Labute approximate surface area is 154 Å². The summed E-state index contributed by atoms with van der Waals surface area (Å²) in [5.74, 6) is -4.92. The molecule has 0 aliphatic carbocycles. The van der Waals surface area contributed by atoms with Gasteiger partial charge in [-0.1, -0.05) is 19.8 Å². The molecular formula is C20H19F3O4. The minimum Gasteiger partial charge on any atom is -0.462 e. The van der Waals surface area contributed by atoms with Crippen molar-refractivity contribution in [3.05, 3.63) is 70.5 Å². The SMILES string of the molecule is CCCCCOC(=O)c1ccc(C(=O)OCc2cc(F)cc(F)c2F)cc1. The van der Waals surface area contributed by atoms with Crippen LogP contribution < -0.4 is 0 Å². The van der Waals surface area contributed by atoms with Crippen LogP contribution in [0.5, 0.6) is 0 Å². The Morgan fingerprint density at radius 3 is 2.07 bits per heavy atom. The van der Waals surface area contributed by atoms with Crippen LogP contribution in [0.1, 0.15) is 52.5 Å². The molecule has 0 unspecified atom stereocenters. The lowest BCUT2D eigenvalue weighted by molar-refractivity contribution is 0.0462. The van der Waals surface area contributed by atoms with E-state index in [1.165, 1.54) is 24.3 Å². The molecule has 0 saturated heterocycles. The van der Waals surface area contributed by atoms with Crippen LogP contribution in [0, 0.1) is 17.5 Å². The number of unbranched alkanes of at least 4 members (excludes halogenated alkanes) is 2. The maximum absolute atomic E-state index is 13.5. The van der Waals surface area contributed by atoms with Gasteiger partial charge in [0.25, 0.3) is 0 Å². The molecule has 0 saturated carbocycles. The van der Waals surface area contributed by atoms with Crippen molar-refractivity contribution in [3.8, 4) is 0 Å². The van der Waals surface area contributed by atoms with E-state index in [-0.39, 0.29) is 11.1 Å². The maximum atomic E-state index is 13.5. The standard InChI is InChI=1S/C20H19F3O4/c1-2-3-4-9-26-19(24)13-5-7-14(8-6-13)20(25)27-12-15-10-16(21)11-17(22)18(15)23/h5-8,10-11H,2-4,9,12H2,1H3. The number of ether oxygens (including phenoxy) is 2. The van der Waals surface area contributed by atoms with E-state index < -0.39 is 41.6 Å². The highest BCUT2D eigenvalue weighted by atomic mass is 19.2. The van der Waals surface area contributed by atoms with Crippen molar-refractivity contribution in [3.63, 3.8) is 0 Å². The first-order valence-corrected chi connectivity index (χ1v) is 8.50. The lowest BCUT2D eigenvalue weighted by atomic mass is 10.1. The molecule has 0 radical (unpaired) electrons. The minimum absolute atomic E-state index is 0.106. The quantitative estimate of drug-likeness (QED) is 0.375. The molecule has 0 N–H and O–H groups in total. The molecule has 0 aliphatic heterocycles. The highest BCUT2D eigenvalue weighted by Crippen LogP contribution is 2.16. The first-order valence-electron chi connectivity index (χ1n) is 8.50. The molecule has 0 atom stereocenters. The van der Waals surface area contributed by atoms with Crippen molar-refractivity contribution in [2.45, 2.75) is 32.8 Å². The zero-order chi connectivity index (χ0) is 19.8. The number of benzene rings is 2. The Morgan fingerprint density at radius 1 is 0.889 bits per heavy atom. The molecule has 27 heavy (non-hydrogen) atoms. The van der Waals surface area contributed by atoms with Gasteiger partial charge in [-0.25, -0.2) is 22.8 Å². The van der Waals surface area contributed by atoms with Crippen molar-refractivity contribution < 1.29 is 32.2 Å². The van der Waals surface area contributed by atoms with Gasteiger partial charge in [-0.05, 0) is 36.8 Å². The molecule has 0 aromatic heterocycles. The summed E-state index contributed by atoms with van der Waals surface area (Å²) in [5.41, 5.74) is -0.0239. The van der Waals surface area contributed by atoms with Crippen molar-refractivity contribution in [2.75, 3.05) is 6.61 Å². The van der Waals surface area contributed by atoms with Crippen LogP contribution in [0.4, 0.5) is 13.2 Å². The van der Waals surface area contributed by atoms with Crippen molar-refractivity contribution in [2.24, 2.45) is 0 Å². The van der Waals surface area contributed by atoms with E-state index >= 15 is 0 Å². The first-order chi connectivity index (χ1) is 12.9. The van der Waals surface area contributed by atoms with Gasteiger partial charge in [0.2, 0.25) is 0 Å². The molecule has 144 valence electrons. The lowest BCUT2D eigenvalue weighted by Gasteiger charge is -2.08. The average Bonchev–Trinajstić information content (AvgIpc) is 2.66. The second kappa shape index (κ2) is 9.75. The number of carbonyl (C=O) groups is 2. The Bertz CT molecular complexity index is 804. The van der Waals surface area contributed by atoms with E-state index in [4.69, 9.17) is 9.47 Å². The third kappa shape index (κ3) is 5.84.